The first-order valence-corrected chi connectivity index (χ1v) is 7.32. The van der Waals surface area contributed by atoms with E-state index in [2.05, 4.69) is 0 Å². The van der Waals surface area contributed by atoms with Crippen LogP contribution in [0.25, 0.3) is 0 Å². The fourth-order valence-electron chi connectivity index (χ4n) is 3.32. The zero-order chi connectivity index (χ0) is 15.2. The first kappa shape index (κ1) is 14.1. The lowest BCUT2D eigenvalue weighted by Crippen LogP contribution is -2.35. The second kappa shape index (κ2) is 4.87. The van der Waals surface area contributed by atoms with Gasteiger partial charge in [-0.1, -0.05) is 25.1 Å². The zero-order valence-corrected chi connectivity index (χ0v) is 12.2. The fraction of sp³-hybridized carbons (Fsp3) is 0.400. The molecule has 1 saturated carbocycles. The number of rotatable bonds is 2. The summed E-state index contributed by atoms with van der Waals surface area (Å²) in [6.07, 6.45) is 3.48. The summed E-state index contributed by atoms with van der Waals surface area (Å²) in [6.45, 7) is 0. The number of amides is 2. The number of nitrogens with zero attached hydrogens (tertiary/aromatic N) is 1. The number of hydrogen-bond donors (Lipinski definition) is 1. The van der Waals surface area contributed by atoms with Gasteiger partial charge in [-0.25, -0.2) is 9.29 Å². The SMILES string of the molecule is NC(=S)c1ccc(N2C(=O)CC3(CCCC3)C2=O)c(F)c1. The van der Waals surface area contributed by atoms with Crippen molar-refractivity contribution in [2.75, 3.05) is 4.90 Å². The minimum absolute atomic E-state index is 0.00576. The highest BCUT2D eigenvalue weighted by Crippen LogP contribution is 2.48. The number of hydrogen-bond acceptors (Lipinski definition) is 3. The van der Waals surface area contributed by atoms with Gasteiger partial charge in [0.05, 0.1) is 11.1 Å². The van der Waals surface area contributed by atoms with Crippen molar-refractivity contribution >= 4 is 34.7 Å². The number of nitrogens with two attached hydrogens (primary N) is 1. The molecule has 2 amide bonds. The predicted octanol–water partition coefficient (Wildman–Crippen LogP) is 2.28. The van der Waals surface area contributed by atoms with E-state index in [9.17, 15) is 14.0 Å². The molecule has 2 aliphatic rings. The molecule has 6 heteroatoms. The Morgan fingerprint density at radius 1 is 1.29 bits per heavy atom. The van der Waals surface area contributed by atoms with Crippen LogP contribution in [-0.2, 0) is 9.59 Å². The minimum Gasteiger partial charge on any atom is -0.389 e. The van der Waals surface area contributed by atoms with Crippen LogP contribution in [0.15, 0.2) is 18.2 Å². The molecular formula is C15H15FN2O2S. The van der Waals surface area contributed by atoms with Crippen molar-refractivity contribution < 1.29 is 14.0 Å². The van der Waals surface area contributed by atoms with E-state index in [-0.39, 0.29) is 28.9 Å². The molecule has 2 fully saturated rings. The molecule has 1 heterocycles. The lowest BCUT2D eigenvalue weighted by atomic mass is 9.84. The van der Waals surface area contributed by atoms with Crippen LogP contribution in [0.1, 0.15) is 37.7 Å². The van der Waals surface area contributed by atoms with Crippen molar-refractivity contribution in [3.8, 4) is 0 Å². The molecule has 2 N–H and O–H groups in total. The average molecular weight is 306 g/mol. The highest BCUT2D eigenvalue weighted by molar-refractivity contribution is 7.80. The number of anilines is 1. The van der Waals surface area contributed by atoms with E-state index < -0.39 is 11.2 Å². The zero-order valence-electron chi connectivity index (χ0n) is 11.4. The summed E-state index contributed by atoms with van der Waals surface area (Å²) in [6, 6.07) is 4.09. The molecule has 1 saturated heterocycles. The average Bonchev–Trinajstić information content (AvgIpc) is 2.98. The van der Waals surface area contributed by atoms with E-state index >= 15 is 0 Å². The van der Waals surface area contributed by atoms with Crippen molar-refractivity contribution in [2.45, 2.75) is 32.1 Å². The van der Waals surface area contributed by atoms with E-state index in [1.54, 1.807) is 0 Å². The van der Waals surface area contributed by atoms with Gasteiger partial charge in [0, 0.05) is 12.0 Å². The Morgan fingerprint density at radius 3 is 2.52 bits per heavy atom. The molecule has 1 spiro atoms. The van der Waals surface area contributed by atoms with Crippen molar-refractivity contribution in [1.82, 2.24) is 0 Å². The molecule has 0 aromatic heterocycles. The first-order chi connectivity index (χ1) is 9.94. The van der Waals surface area contributed by atoms with E-state index in [0.717, 1.165) is 23.8 Å². The Labute approximate surface area is 127 Å². The monoisotopic (exact) mass is 306 g/mol. The fourth-order valence-corrected chi connectivity index (χ4v) is 3.45. The molecule has 1 aliphatic carbocycles. The molecule has 0 unspecified atom stereocenters. The summed E-state index contributed by atoms with van der Waals surface area (Å²) in [5.41, 5.74) is 5.22. The number of benzene rings is 1. The van der Waals surface area contributed by atoms with Gasteiger partial charge in [-0.15, -0.1) is 0 Å². The van der Waals surface area contributed by atoms with Gasteiger partial charge < -0.3 is 5.73 Å². The summed E-state index contributed by atoms with van der Waals surface area (Å²) < 4.78 is 14.2. The van der Waals surface area contributed by atoms with E-state index in [4.69, 9.17) is 18.0 Å². The largest absolute Gasteiger partial charge is 0.389 e. The summed E-state index contributed by atoms with van der Waals surface area (Å²) in [5, 5.41) is 0. The molecule has 0 radical (unpaired) electrons. The van der Waals surface area contributed by atoms with Crippen LogP contribution >= 0.6 is 12.2 Å². The van der Waals surface area contributed by atoms with Crippen molar-refractivity contribution in [3.63, 3.8) is 0 Å². The van der Waals surface area contributed by atoms with Crippen LogP contribution in [-0.4, -0.2) is 16.8 Å². The topological polar surface area (TPSA) is 63.4 Å². The van der Waals surface area contributed by atoms with Crippen molar-refractivity contribution in [1.29, 1.82) is 0 Å². The van der Waals surface area contributed by atoms with Gasteiger partial charge >= 0.3 is 0 Å². The molecular weight excluding hydrogens is 291 g/mol. The smallest absolute Gasteiger partial charge is 0.240 e. The van der Waals surface area contributed by atoms with Gasteiger partial charge in [0.1, 0.15) is 10.8 Å². The Morgan fingerprint density at radius 2 is 1.95 bits per heavy atom. The van der Waals surface area contributed by atoms with E-state index in [1.807, 2.05) is 0 Å². The Hall–Kier alpha value is -1.82. The lowest BCUT2D eigenvalue weighted by Gasteiger charge is -2.21. The molecule has 21 heavy (non-hydrogen) atoms. The highest BCUT2D eigenvalue weighted by atomic mass is 32.1. The van der Waals surface area contributed by atoms with Crippen LogP contribution in [0.2, 0.25) is 0 Å². The van der Waals surface area contributed by atoms with Gasteiger partial charge in [0.2, 0.25) is 11.8 Å². The standard InChI is InChI=1S/C15H15FN2O2S/c16-10-7-9(13(17)21)3-4-11(10)18-12(19)8-15(14(18)20)5-1-2-6-15/h3-4,7H,1-2,5-6,8H2,(H2,17,21). The summed E-state index contributed by atoms with van der Waals surface area (Å²) >= 11 is 4.79. The maximum atomic E-state index is 14.2. The Balaban J connectivity index is 1.99. The van der Waals surface area contributed by atoms with E-state index in [1.165, 1.54) is 12.1 Å². The molecule has 0 bridgehead atoms. The maximum Gasteiger partial charge on any atom is 0.240 e. The quantitative estimate of drug-likeness (QED) is 0.672. The number of thiocarbonyl (C=S) groups is 1. The second-order valence-corrected chi connectivity index (χ2v) is 6.17. The summed E-state index contributed by atoms with van der Waals surface area (Å²) in [7, 11) is 0. The van der Waals surface area contributed by atoms with Crippen LogP contribution in [0.4, 0.5) is 10.1 Å². The first-order valence-electron chi connectivity index (χ1n) is 6.91. The normalized spacial score (nSPS) is 20.5. The third kappa shape index (κ3) is 2.14. The molecule has 1 aromatic rings. The molecule has 4 nitrogen and oxygen atoms in total. The van der Waals surface area contributed by atoms with Gasteiger partial charge in [0.15, 0.2) is 0 Å². The third-order valence-corrected chi connectivity index (χ3v) is 4.67. The van der Waals surface area contributed by atoms with Gasteiger partial charge in [-0.2, -0.15) is 0 Å². The van der Waals surface area contributed by atoms with Gasteiger partial charge in [0.25, 0.3) is 0 Å². The van der Waals surface area contributed by atoms with Gasteiger partial charge in [-0.3, -0.25) is 9.59 Å². The third-order valence-electron chi connectivity index (χ3n) is 4.43. The number of imide groups is 1. The predicted molar refractivity (Wildman–Crippen MR) is 80.3 cm³/mol. The number of carbonyl (C=O) groups is 2. The lowest BCUT2D eigenvalue weighted by molar-refractivity contribution is -0.125. The van der Waals surface area contributed by atoms with Crippen LogP contribution in [0, 0.1) is 11.2 Å². The maximum absolute atomic E-state index is 14.2. The second-order valence-electron chi connectivity index (χ2n) is 5.73. The van der Waals surface area contributed by atoms with Crippen LogP contribution in [0.3, 0.4) is 0 Å². The minimum atomic E-state index is -0.656. The van der Waals surface area contributed by atoms with Crippen LogP contribution in [0.5, 0.6) is 0 Å². The van der Waals surface area contributed by atoms with Crippen molar-refractivity contribution in [3.05, 3.63) is 29.6 Å². The molecule has 0 atom stereocenters. The molecule has 110 valence electrons. The molecule has 3 rings (SSSR count). The summed E-state index contributed by atoms with van der Waals surface area (Å²) in [4.78, 5) is 25.9. The molecule has 1 aromatic carbocycles. The van der Waals surface area contributed by atoms with E-state index in [0.29, 0.717) is 18.4 Å². The number of carbonyl (C=O) groups excluding carboxylic acids is 2. The Bertz CT molecular complexity index is 653. The van der Waals surface area contributed by atoms with Crippen LogP contribution < -0.4 is 10.6 Å². The van der Waals surface area contributed by atoms with Gasteiger partial charge in [-0.05, 0) is 31.0 Å². The summed E-state index contributed by atoms with van der Waals surface area (Å²) in [5.74, 6) is -1.26. The number of halogens is 1. The highest BCUT2D eigenvalue weighted by Gasteiger charge is 2.53. The molecule has 1 aliphatic heterocycles. The Kier molecular flexibility index (Phi) is 3.28. The van der Waals surface area contributed by atoms with Crippen molar-refractivity contribution in [2.24, 2.45) is 11.1 Å².